The van der Waals surface area contributed by atoms with Gasteiger partial charge in [0.2, 0.25) is 5.91 Å². The molecular formula is C15H18ClNO. The van der Waals surface area contributed by atoms with Crippen molar-refractivity contribution in [2.24, 2.45) is 5.92 Å². The summed E-state index contributed by atoms with van der Waals surface area (Å²) in [5, 5.41) is 3.02. The molecule has 0 saturated heterocycles. The molecule has 3 rings (SSSR count). The highest BCUT2D eigenvalue weighted by Gasteiger charge is 2.39. The van der Waals surface area contributed by atoms with Gasteiger partial charge in [0.05, 0.1) is 10.8 Å². The number of nitrogens with one attached hydrogen (secondary N) is 1. The Morgan fingerprint density at radius 3 is 2.72 bits per heavy atom. The lowest BCUT2D eigenvalue weighted by atomic mass is 9.79. The van der Waals surface area contributed by atoms with Gasteiger partial charge < -0.3 is 5.32 Å². The summed E-state index contributed by atoms with van der Waals surface area (Å²) in [4.78, 5) is 11.9. The van der Waals surface area contributed by atoms with Crippen molar-refractivity contribution in [3.63, 3.8) is 0 Å². The molecule has 0 radical (unpaired) electrons. The van der Waals surface area contributed by atoms with Crippen LogP contribution in [0.1, 0.15) is 49.6 Å². The smallest absolute Gasteiger partial charge is 0.234 e. The van der Waals surface area contributed by atoms with Gasteiger partial charge in [0.15, 0.2) is 0 Å². The normalized spacial score (nSPS) is 23.2. The Bertz CT molecular complexity index is 505. The number of hydrogen-bond donors (Lipinski definition) is 1. The number of halogens is 1. The zero-order valence-electron chi connectivity index (χ0n) is 10.8. The van der Waals surface area contributed by atoms with Crippen LogP contribution >= 0.6 is 11.6 Å². The zero-order chi connectivity index (χ0) is 12.9. The molecule has 1 aromatic rings. The van der Waals surface area contributed by atoms with Crippen molar-refractivity contribution >= 4 is 23.2 Å². The number of carbonyl (C=O) groups is 1. The van der Waals surface area contributed by atoms with E-state index in [-0.39, 0.29) is 11.3 Å². The van der Waals surface area contributed by atoms with Gasteiger partial charge in [-0.25, -0.2) is 0 Å². The third-order valence-corrected chi connectivity index (χ3v) is 5.02. The second-order valence-electron chi connectivity index (χ2n) is 5.98. The Morgan fingerprint density at radius 2 is 2.11 bits per heavy atom. The van der Waals surface area contributed by atoms with E-state index in [0.717, 1.165) is 16.8 Å². The average molecular weight is 264 g/mol. The van der Waals surface area contributed by atoms with E-state index in [2.05, 4.69) is 17.4 Å². The number of fused-ring (bicyclic) bond motifs is 1. The third-order valence-electron chi connectivity index (χ3n) is 4.41. The number of rotatable bonds is 2. The minimum Gasteiger partial charge on any atom is -0.325 e. The van der Waals surface area contributed by atoms with E-state index >= 15 is 0 Å². The van der Waals surface area contributed by atoms with Crippen LogP contribution in [-0.2, 0) is 10.2 Å². The molecule has 1 amide bonds. The Morgan fingerprint density at radius 1 is 1.39 bits per heavy atom. The lowest BCUT2D eigenvalue weighted by Crippen LogP contribution is -2.27. The Hall–Kier alpha value is -1.02. The SMILES string of the molecule is CC1(C)C(=O)Nc2ccc(C(Cl)C3CCC3)cc21. The van der Waals surface area contributed by atoms with Crippen molar-refractivity contribution in [1.82, 2.24) is 0 Å². The second kappa shape index (κ2) is 3.99. The van der Waals surface area contributed by atoms with Crippen LogP contribution in [0.4, 0.5) is 5.69 Å². The number of alkyl halides is 1. The van der Waals surface area contributed by atoms with Gasteiger partial charge in [0, 0.05) is 5.69 Å². The largest absolute Gasteiger partial charge is 0.325 e. The van der Waals surface area contributed by atoms with Gasteiger partial charge in [-0.2, -0.15) is 0 Å². The highest BCUT2D eigenvalue weighted by molar-refractivity contribution is 6.21. The van der Waals surface area contributed by atoms with Gasteiger partial charge in [-0.05, 0) is 49.8 Å². The van der Waals surface area contributed by atoms with Crippen LogP contribution < -0.4 is 5.32 Å². The summed E-state index contributed by atoms with van der Waals surface area (Å²) in [6.45, 7) is 3.93. The van der Waals surface area contributed by atoms with Gasteiger partial charge in [0.1, 0.15) is 0 Å². The molecule has 2 aliphatic rings. The van der Waals surface area contributed by atoms with E-state index in [1.54, 1.807) is 0 Å². The molecule has 1 atom stereocenters. The van der Waals surface area contributed by atoms with Crippen molar-refractivity contribution in [2.45, 2.75) is 43.9 Å². The van der Waals surface area contributed by atoms with Crippen LogP contribution in [0.15, 0.2) is 18.2 Å². The fourth-order valence-electron chi connectivity index (χ4n) is 2.77. The number of anilines is 1. The van der Waals surface area contributed by atoms with E-state index in [1.807, 2.05) is 19.9 Å². The molecule has 1 aliphatic carbocycles. The summed E-state index contributed by atoms with van der Waals surface area (Å²) in [6.07, 6.45) is 3.75. The number of carbonyl (C=O) groups excluding carboxylic acids is 1. The molecule has 1 saturated carbocycles. The van der Waals surface area contributed by atoms with Gasteiger partial charge >= 0.3 is 0 Å². The summed E-state index contributed by atoms with van der Waals surface area (Å²) in [7, 11) is 0. The van der Waals surface area contributed by atoms with Crippen molar-refractivity contribution in [2.75, 3.05) is 5.32 Å². The monoisotopic (exact) mass is 263 g/mol. The first-order valence-electron chi connectivity index (χ1n) is 6.60. The van der Waals surface area contributed by atoms with E-state index < -0.39 is 5.41 Å². The molecule has 1 heterocycles. The minimum absolute atomic E-state index is 0.0735. The summed E-state index contributed by atoms with van der Waals surface area (Å²) in [6, 6.07) is 6.16. The molecule has 0 spiro atoms. The molecular weight excluding hydrogens is 246 g/mol. The van der Waals surface area contributed by atoms with Gasteiger partial charge in [-0.3, -0.25) is 4.79 Å². The summed E-state index contributed by atoms with van der Waals surface area (Å²) < 4.78 is 0. The fourth-order valence-corrected chi connectivity index (χ4v) is 3.15. The van der Waals surface area contributed by atoms with Gasteiger partial charge in [-0.15, -0.1) is 11.6 Å². The highest BCUT2D eigenvalue weighted by atomic mass is 35.5. The van der Waals surface area contributed by atoms with E-state index in [1.165, 1.54) is 19.3 Å². The highest BCUT2D eigenvalue weighted by Crippen LogP contribution is 2.45. The first kappa shape index (κ1) is 12.0. The molecule has 0 aromatic heterocycles. The van der Waals surface area contributed by atoms with Crippen LogP contribution in [0.3, 0.4) is 0 Å². The molecule has 96 valence electrons. The Balaban J connectivity index is 1.96. The topological polar surface area (TPSA) is 29.1 Å². The summed E-state index contributed by atoms with van der Waals surface area (Å²) in [5.74, 6) is 0.683. The first-order valence-corrected chi connectivity index (χ1v) is 7.04. The lowest BCUT2D eigenvalue weighted by Gasteiger charge is -2.30. The molecule has 2 nitrogen and oxygen atoms in total. The molecule has 18 heavy (non-hydrogen) atoms. The Kier molecular flexibility index (Phi) is 2.67. The lowest BCUT2D eigenvalue weighted by molar-refractivity contribution is -0.119. The fraction of sp³-hybridized carbons (Fsp3) is 0.533. The number of hydrogen-bond acceptors (Lipinski definition) is 1. The van der Waals surface area contributed by atoms with Crippen molar-refractivity contribution in [1.29, 1.82) is 0 Å². The molecule has 3 heteroatoms. The van der Waals surface area contributed by atoms with Crippen molar-refractivity contribution in [3.8, 4) is 0 Å². The van der Waals surface area contributed by atoms with Crippen LogP contribution in [0, 0.1) is 5.92 Å². The quantitative estimate of drug-likeness (QED) is 0.803. The zero-order valence-corrected chi connectivity index (χ0v) is 11.6. The van der Waals surface area contributed by atoms with Gasteiger partial charge in [-0.1, -0.05) is 18.6 Å². The third kappa shape index (κ3) is 1.66. The van der Waals surface area contributed by atoms with Crippen LogP contribution in [0.5, 0.6) is 0 Å². The Labute approximate surface area is 113 Å². The summed E-state index contributed by atoms with van der Waals surface area (Å²) in [5.41, 5.74) is 2.73. The molecule has 1 aromatic carbocycles. The molecule has 1 N–H and O–H groups in total. The maximum absolute atomic E-state index is 11.9. The average Bonchev–Trinajstić information content (AvgIpc) is 2.47. The first-order chi connectivity index (χ1) is 8.50. The van der Waals surface area contributed by atoms with Crippen molar-refractivity contribution in [3.05, 3.63) is 29.3 Å². The van der Waals surface area contributed by atoms with Crippen molar-refractivity contribution < 1.29 is 4.79 Å². The van der Waals surface area contributed by atoms with E-state index in [9.17, 15) is 4.79 Å². The maximum atomic E-state index is 11.9. The maximum Gasteiger partial charge on any atom is 0.234 e. The molecule has 1 aliphatic heterocycles. The van der Waals surface area contributed by atoms with Crippen LogP contribution in [-0.4, -0.2) is 5.91 Å². The van der Waals surface area contributed by atoms with E-state index in [0.29, 0.717) is 5.92 Å². The summed E-state index contributed by atoms with van der Waals surface area (Å²) >= 11 is 6.53. The predicted octanol–water partition coefficient (Wildman–Crippen LogP) is 4.00. The molecule has 1 unspecified atom stereocenters. The van der Waals surface area contributed by atoms with Crippen LogP contribution in [0.25, 0.3) is 0 Å². The minimum atomic E-state index is -0.443. The standard InChI is InChI=1S/C15H18ClNO/c1-15(2)11-8-10(13(16)9-4-3-5-9)6-7-12(11)17-14(15)18/h6-9,13H,3-5H2,1-2H3,(H,17,18). The van der Waals surface area contributed by atoms with Gasteiger partial charge in [0.25, 0.3) is 0 Å². The molecule has 1 fully saturated rings. The van der Waals surface area contributed by atoms with Crippen LogP contribution in [0.2, 0.25) is 0 Å². The molecule has 0 bridgehead atoms. The number of benzene rings is 1. The second-order valence-corrected chi connectivity index (χ2v) is 6.45. The number of amides is 1. The van der Waals surface area contributed by atoms with E-state index in [4.69, 9.17) is 11.6 Å². The predicted molar refractivity (Wildman–Crippen MR) is 74.0 cm³/mol.